The molecule has 2 aromatic carbocycles. The van der Waals surface area contributed by atoms with Gasteiger partial charge in [0.1, 0.15) is 11.4 Å². The molecule has 10 heteroatoms. The van der Waals surface area contributed by atoms with Gasteiger partial charge in [-0.1, -0.05) is 30.3 Å². The lowest BCUT2D eigenvalue weighted by Crippen LogP contribution is -2.12. The summed E-state index contributed by atoms with van der Waals surface area (Å²) in [5.41, 5.74) is 3.44. The molecule has 0 aliphatic rings. The molecule has 0 aliphatic heterocycles. The molecule has 0 bridgehead atoms. The number of hydrogen-bond acceptors (Lipinski definition) is 6. The largest absolute Gasteiger partial charge is 0.326 e. The number of fused-ring (bicyclic) bond motifs is 1. The zero-order valence-electron chi connectivity index (χ0n) is 17.8. The van der Waals surface area contributed by atoms with E-state index >= 15 is 0 Å². The monoisotopic (exact) mass is 472 g/mol. The van der Waals surface area contributed by atoms with Crippen LogP contribution in [0.2, 0.25) is 0 Å². The predicted octanol–water partition coefficient (Wildman–Crippen LogP) is 4.87. The summed E-state index contributed by atoms with van der Waals surface area (Å²) in [6.45, 7) is 1.35. The van der Waals surface area contributed by atoms with Gasteiger partial charge in [-0.15, -0.1) is 11.3 Å². The molecule has 5 aromatic rings. The third-order valence-electron chi connectivity index (χ3n) is 5.01. The number of halogens is 1. The summed E-state index contributed by atoms with van der Waals surface area (Å²) >= 11 is 1.17. The number of amides is 2. The molecule has 34 heavy (non-hydrogen) atoms. The van der Waals surface area contributed by atoms with Gasteiger partial charge in [-0.3, -0.25) is 14.9 Å². The van der Waals surface area contributed by atoms with Crippen LogP contribution in [0, 0.1) is 5.82 Å². The van der Waals surface area contributed by atoms with Gasteiger partial charge in [0.05, 0.1) is 17.6 Å². The van der Waals surface area contributed by atoms with Crippen molar-refractivity contribution in [1.29, 1.82) is 0 Å². The normalized spacial score (nSPS) is 10.9. The zero-order chi connectivity index (χ0) is 23.7. The Kier molecular flexibility index (Phi) is 5.56. The number of nitrogens with one attached hydrogen (secondary N) is 2. The van der Waals surface area contributed by atoms with Crippen LogP contribution in [0.1, 0.15) is 17.3 Å². The van der Waals surface area contributed by atoms with E-state index in [0.29, 0.717) is 27.7 Å². The highest BCUT2D eigenvalue weighted by Gasteiger charge is 2.18. The quantitative estimate of drug-likeness (QED) is 0.380. The predicted molar refractivity (Wildman–Crippen MR) is 128 cm³/mol. The zero-order valence-corrected chi connectivity index (χ0v) is 18.6. The highest BCUT2D eigenvalue weighted by atomic mass is 32.1. The number of aromatic nitrogens is 4. The molecule has 0 spiro atoms. The van der Waals surface area contributed by atoms with Gasteiger partial charge in [0.15, 0.2) is 10.8 Å². The molecule has 0 saturated carbocycles. The van der Waals surface area contributed by atoms with Gasteiger partial charge in [-0.25, -0.2) is 18.9 Å². The molecule has 0 atom stereocenters. The molecule has 8 nitrogen and oxygen atoms in total. The fraction of sp³-hybridized carbons (Fsp3) is 0.0417. The number of anilines is 2. The first-order chi connectivity index (χ1) is 16.5. The molecular weight excluding hydrogens is 455 g/mol. The second kappa shape index (κ2) is 8.83. The van der Waals surface area contributed by atoms with Gasteiger partial charge in [0, 0.05) is 35.3 Å². The summed E-state index contributed by atoms with van der Waals surface area (Å²) in [6, 6.07) is 15.9. The lowest BCUT2D eigenvalue weighted by Gasteiger charge is -2.05. The van der Waals surface area contributed by atoms with E-state index in [2.05, 4.69) is 25.7 Å². The second-order valence-electron chi connectivity index (χ2n) is 7.36. The average molecular weight is 473 g/mol. The molecular formula is C24H17FN6O2S. The van der Waals surface area contributed by atoms with Crippen LogP contribution in [-0.2, 0) is 4.79 Å². The summed E-state index contributed by atoms with van der Waals surface area (Å²) in [5.74, 6) is -1.24. The molecule has 3 aromatic heterocycles. The van der Waals surface area contributed by atoms with Gasteiger partial charge < -0.3 is 5.32 Å². The number of thiazole rings is 1. The molecule has 0 unspecified atom stereocenters. The van der Waals surface area contributed by atoms with E-state index in [1.54, 1.807) is 22.2 Å². The lowest BCUT2D eigenvalue weighted by molar-refractivity contribution is -0.114. The Morgan fingerprint density at radius 3 is 2.65 bits per heavy atom. The van der Waals surface area contributed by atoms with E-state index in [1.165, 1.54) is 36.6 Å². The van der Waals surface area contributed by atoms with Crippen LogP contribution in [0.4, 0.5) is 15.2 Å². The Bertz CT molecular complexity index is 1530. The average Bonchev–Trinajstić information content (AvgIpc) is 3.46. The Labute approximate surface area is 197 Å². The lowest BCUT2D eigenvalue weighted by atomic mass is 10.1. The fourth-order valence-electron chi connectivity index (χ4n) is 3.50. The van der Waals surface area contributed by atoms with E-state index in [0.717, 1.165) is 11.3 Å². The fourth-order valence-corrected chi connectivity index (χ4v) is 4.21. The SMILES string of the molecule is CC(=O)Nc1ccc(-c2csc(NC(=O)c3cnn4c(-c5ccccc5)ccnc34)n2)c(F)c1. The van der Waals surface area contributed by atoms with Crippen molar-refractivity contribution in [3.63, 3.8) is 0 Å². The summed E-state index contributed by atoms with van der Waals surface area (Å²) in [6.07, 6.45) is 3.09. The minimum absolute atomic E-state index is 0.260. The molecule has 0 aliphatic carbocycles. The summed E-state index contributed by atoms with van der Waals surface area (Å²) in [4.78, 5) is 32.8. The van der Waals surface area contributed by atoms with Crippen LogP contribution >= 0.6 is 11.3 Å². The number of nitrogens with zero attached hydrogens (tertiary/aromatic N) is 4. The highest BCUT2D eigenvalue weighted by Crippen LogP contribution is 2.29. The molecule has 3 heterocycles. The van der Waals surface area contributed by atoms with Crippen molar-refractivity contribution in [1.82, 2.24) is 19.6 Å². The van der Waals surface area contributed by atoms with Crippen molar-refractivity contribution in [2.24, 2.45) is 0 Å². The Balaban J connectivity index is 1.39. The smallest absolute Gasteiger partial charge is 0.262 e. The maximum atomic E-state index is 14.5. The van der Waals surface area contributed by atoms with Crippen LogP contribution in [0.15, 0.2) is 72.4 Å². The van der Waals surface area contributed by atoms with Crippen molar-refractivity contribution in [3.05, 3.63) is 83.8 Å². The van der Waals surface area contributed by atoms with Crippen molar-refractivity contribution in [2.45, 2.75) is 6.92 Å². The topological polar surface area (TPSA) is 101 Å². The summed E-state index contributed by atoms with van der Waals surface area (Å²) in [5, 5.41) is 11.6. The third kappa shape index (κ3) is 4.14. The third-order valence-corrected chi connectivity index (χ3v) is 5.76. The van der Waals surface area contributed by atoms with E-state index in [4.69, 9.17) is 0 Å². The van der Waals surface area contributed by atoms with Gasteiger partial charge in [0.2, 0.25) is 5.91 Å². The van der Waals surface area contributed by atoms with Crippen LogP contribution in [0.25, 0.3) is 28.2 Å². The maximum absolute atomic E-state index is 14.5. The van der Waals surface area contributed by atoms with Crippen LogP contribution < -0.4 is 10.6 Å². The van der Waals surface area contributed by atoms with Crippen molar-refractivity contribution < 1.29 is 14.0 Å². The van der Waals surface area contributed by atoms with Crippen molar-refractivity contribution >= 4 is 39.6 Å². The van der Waals surface area contributed by atoms with E-state index in [9.17, 15) is 14.0 Å². The number of rotatable bonds is 5. The highest BCUT2D eigenvalue weighted by molar-refractivity contribution is 7.14. The summed E-state index contributed by atoms with van der Waals surface area (Å²) in [7, 11) is 0. The van der Waals surface area contributed by atoms with Crippen LogP contribution in [0.3, 0.4) is 0 Å². The molecule has 0 radical (unpaired) electrons. The summed E-state index contributed by atoms with van der Waals surface area (Å²) < 4.78 is 16.2. The van der Waals surface area contributed by atoms with Gasteiger partial charge >= 0.3 is 0 Å². The van der Waals surface area contributed by atoms with Crippen LogP contribution in [-0.4, -0.2) is 31.4 Å². The first-order valence-electron chi connectivity index (χ1n) is 10.2. The first-order valence-corrected chi connectivity index (χ1v) is 11.1. The Morgan fingerprint density at radius 2 is 1.88 bits per heavy atom. The minimum Gasteiger partial charge on any atom is -0.326 e. The van der Waals surface area contributed by atoms with Gasteiger partial charge in [-0.2, -0.15) is 5.10 Å². The number of benzene rings is 2. The molecule has 2 N–H and O–H groups in total. The second-order valence-corrected chi connectivity index (χ2v) is 8.22. The van der Waals surface area contributed by atoms with Crippen LogP contribution in [0.5, 0.6) is 0 Å². The standard InChI is InChI=1S/C24H17FN6O2S/c1-14(32)28-16-7-8-17(19(25)11-16)20-13-34-24(29-20)30-23(33)18-12-27-31-21(9-10-26-22(18)31)15-5-3-2-4-6-15/h2-13H,1H3,(H,28,32)(H,29,30,33). The molecule has 168 valence electrons. The van der Waals surface area contributed by atoms with Crippen molar-refractivity contribution in [2.75, 3.05) is 10.6 Å². The number of carbonyl (C=O) groups is 2. The van der Waals surface area contributed by atoms with Crippen molar-refractivity contribution in [3.8, 4) is 22.5 Å². The van der Waals surface area contributed by atoms with Gasteiger partial charge in [0.25, 0.3) is 5.91 Å². The molecule has 2 amide bonds. The minimum atomic E-state index is -0.533. The van der Waals surface area contributed by atoms with E-state index in [1.807, 2.05) is 36.4 Å². The van der Waals surface area contributed by atoms with E-state index in [-0.39, 0.29) is 11.5 Å². The van der Waals surface area contributed by atoms with Gasteiger partial charge in [-0.05, 0) is 24.3 Å². The Hall–Kier alpha value is -4.44. The molecule has 0 fully saturated rings. The molecule has 0 saturated heterocycles. The van der Waals surface area contributed by atoms with E-state index < -0.39 is 11.7 Å². The first kappa shape index (κ1) is 21.4. The maximum Gasteiger partial charge on any atom is 0.262 e. The number of hydrogen-bond donors (Lipinski definition) is 2. The molecule has 5 rings (SSSR count). The Morgan fingerprint density at radius 1 is 1.06 bits per heavy atom. The number of carbonyl (C=O) groups excluding carboxylic acids is 2.